The van der Waals surface area contributed by atoms with Crippen LogP contribution >= 0.6 is 0 Å². The number of methoxy groups -OCH3 is 1. The largest absolute Gasteiger partial charge is 0.482 e. The molecule has 0 aromatic heterocycles. The van der Waals surface area contributed by atoms with Crippen LogP contribution in [0, 0.1) is 17.8 Å². The van der Waals surface area contributed by atoms with Gasteiger partial charge in [-0.1, -0.05) is 52.7 Å². The van der Waals surface area contributed by atoms with Gasteiger partial charge in [0.15, 0.2) is 6.61 Å². The lowest BCUT2D eigenvalue weighted by Crippen LogP contribution is -2.28. The van der Waals surface area contributed by atoms with Crippen LogP contribution < -0.4 is 4.74 Å². The van der Waals surface area contributed by atoms with E-state index in [1.54, 1.807) is 0 Å². The van der Waals surface area contributed by atoms with Crippen LogP contribution in [0.25, 0.3) is 0 Å². The van der Waals surface area contributed by atoms with Crippen molar-refractivity contribution in [2.75, 3.05) is 34.4 Å². The first-order valence-corrected chi connectivity index (χ1v) is 13.1. The molecule has 0 bridgehead atoms. The van der Waals surface area contributed by atoms with Crippen LogP contribution in [0.2, 0.25) is 0 Å². The highest BCUT2D eigenvalue weighted by Crippen LogP contribution is 2.48. The predicted octanol–water partition coefficient (Wildman–Crippen LogP) is 4.88. The molecule has 0 aliphatic heterocycles. The average molecular weight is 494 g/mol. The van der Waals surface area contributed by atoms with Crippen LogP contribution in [-0.2, 0) is 22.4 Å². The van der Waals surface area contributed by atoms with Crippen molar-refractivity contribution in [2.45, 2.75) is 91.3 Å². The fraction of sp³-hybridized carbons (Fsp3) is 0.759. The van der Waals surface area contributed by atoms with E-state index in [9.17, 15) is 15.0 Å². The van der Waals surface area contributed by atoms with E-state index in [1.807, 2.05) is 12.1 Å². The van der Waals surface area contributed by atoms with E-state index < -0.39 is 0 Å². The first-order valence-electron chi connectivity index (χ1n) is 13.1. The first kappa shape index (κ1) is 31.4. The summed E-state index contributed by atoms with van der Waals surface area (Å²) in [6.45, 7) is 5.36. The maximum Gasteiger partial charge on any atom is 0.343 e. The number of hydrogen-bond donors (Lipinski definition) is 2. The normalized spacial score (nSPS) is 23.3. The van der Waals surface area contributed by atoms with Crippen molar-refractivity contribution in [3.05, 3.63) is 29.3 Å². The Kier molecular flexibility index (Phi) is 14.5. The Morgan fingerprint density at radius 1 is 1.17 bits per heavy atom. The van der Waals surface area contributed by atoms with Crippen LogP contribution in [0.3, 0.4) is 0 Å². The summed E-state index contributed by atoms with van der Waals surface area (Å²) in [6.07, 6.45) is 8.05. The number of aliphatic hydroxyl groups excluding tert-OH is 2. The summed E-state index contributed by atoms with van der Waals surface area (Å²) < 4.78 is 10.4. The lowest BCUT2D eigenvalue weighted by molar-refractivity contribution is -0.142. The van der Waals surface area contributed by atoms with E-state index in [2.05, 4.69) is 43.6 Å². The molecule has 0 spiro atoms. The van der Waals surface area contributed by atoms with Crippen LogP contribution in [0.1, 0.15) is 77.3 Å². The maximum absolute atomic E-state index is 11.4. The van der Waals surface area contributed by atoms with Gasteiger partial charge in [0.2, 0.25) is 0 Å². The monoisotopic (exact) mass is 493 g/mol. The van der Waals surface area contributed by atoms with E-state index >= 15 is 0 Å². The van der Waals surface area contributed by atoms with Crippen molar-refractivity contribution >= 4 is 5.97 Å². The predicted molar refractivity (Wildman–Crippen MR) is 143 cm³/mol. The van der Waals surface area contributed by atoms with E-state index in [-0.39, 0.29) is 38.1 Å². The molecule has 5 atom stereocenters. The number of carbonyl (C=O) groups is 1. The zero-order chi connectivity index (χ0) is 25.1. The van der Waals surface area contributed by atoms with Crippen molar-refractivity contribution in [2.24, 2.45) is 17.8 Å². The summed E-state index contributed by atoms with van der Waals surface area (Å²) in [5, 5.41) is 21.0. The second kappa shape index (κ2) is 16.2. The van der Waals surface area contributed by atoms with Gasteiger partial charge in [-0.05, 0) is 94.1 Å². The van der Waals surface area contributed by atoms with Crippen molar-refractivity contribution in [1.29, 1.82) is 0 Å². The molecule has 1 fully saturated rings. The third kappa shape index (κ3) is 9.74. The minimum Gasteiger partial charge on any atom is -0.482 e. The smallest absolute Gasteiger partial charge is 0.343 e. The quantitative estimate of drug-likeness (QED) is 0.338. The topological polar surface area (TPSA) is 79.2 Å². The molecule has 1 aromatic rings. The molecule has 0 heterocycles. The zero-order valence-electron chi connectivity index (χ0n) is 22.0. The minimum absolute atomic E-state index is 0. The second-order valence-corrected chi connectivity index (χ2v) is 10.2. The van der Waals surface area contributed by atoms with Gasteiger partial charge in [0.05, 0.1) is 19.3 Å². The number of nitrogens with zero attached hydrogens (tertiary/aromatic N) is 1. The third-order valence-corrected chi connectivity index (χ3v) is 7.53. The molecule has 1 aromatic carbocycles. The minimum atomic E-state index is -0.384. The summed E-state index contributed by atoms with van der Waals surface area (Å²) in [7, 11) is 5.47. The fourth-order valence-electron chi connectivity index (χ4n) is 5.29. The number of esters is 1. The standard InChI is InChI=1S/C24H36O5.C4H11N.CH4/c1-3-4-5-8-18(25)10-11-19-20-12-16-7-6-9-23(29-15-24(27)28-2)21(16)13-17(20)14-22(19)26;1-4-5(2)3;/h6-7,9,17-20,22,25-26H,3-5,8,10-15H2,1-2H3;4H2,1-3H3;1H4/t17-,18-,19+,20-,22+;;/m0../s1. The third-order valence-electron chi connectivity index (χ3n) is 7.53. The number of carbonyl (C=O) groups excluding carboxylic acids is 1. The van der Waals surface area contributed by atoms with Gasteiger partial charge in [0.1, 0.15) is 5.75 Å². The second-order valence-electron chi connectivity index (χ2n) is 10.2. The summed E-state index contributed by atoms with van der Waals surface area (Å²) >= 11 is 0. The number of unbranched alkanes of at least 4 members (excludes halogenated alkanes) is 2. The van der Waals surface area contributed by atoms with Gasteiger partial charge in [0.25, 0.3) is 0 Å². The maximum atomic E-state index is 11.4. The van der Waals surface area contributed by atoms with E-state index in [0.29, 0.717) is 11.8 Å². The number of benzene rings is 1. The Labute approximate surface area is 214 Å². The molecule has 2 N–H and O–H groups in total. The molecule has 6 nitrogen and oxygen atoms in total. The van der Waals surface area contributed by atoms with Gasteiger partial charge in [0, 0.05) is 0 Å². The lowest BCUT2D eigenvalue weighted by Gasteiger charge is -2.32. The molecular weight excluding hydrogens is 442 g/mol. The Balaban J connectivity index is 0.000000927. The van der Waals surface area contributed by atoms with Gasteiger partial charge < -0.3 is 24.6 Å². The molecule has 202 valence electrons. The molecule has 6 heteroatoms. The Morgan fingerprint density at radius 2 is 1.89 bits per heavy atom. The molecule has 3 rings (SSSR count). The molecule has 0 unspecified atom stereocenters. The van der Waals surface area contributed by atoms with Crippen LogP contribution in [-0.4, -0.2) is 67.6 Å². The molecule has 0 amide bonds. The number of aliphatic hydroxyl groups is 2. The zero-order valence-corrected chi connectivity index (χ0v) is 22.0. The number of hydrogen-bond acceptors (Lipinski definition) is 6. The SMILES string of the molecule is C.CCCCC[C@H](O)CC[C@@H]1[C@H]2Cc3cccc(OCC(=O)OC)c3C[C@H]2C[C@H]1O.CCN(C)C. The van der Waals surface area contributed by atoms with Crippen LogP contribution in [0.4, 0.5) is 0 Å². The molecule has 35 heavy (non-hydrogen) atoms. The summed E-state index contributed by atoms with van der Waals surface area (Å²) in [6, 6.07) is 6.03. The number of ether oxygens (including phenoxy) is 2. The summed E-state index contributed by atoms with van der Waals surface area (Å²) in [4.78, 5) is 13.6. The number of rotatable bonds is 11. The Morgan fingerprint density at radius 3 is 2.51 bits per heavy atom. The summed E-state index contributed by atoms with van der Waals surface area (Å²) in [5.74, 6) is 1.52. The molecule has 2 aliphatic carbocycles. The number of fused-ring (bicyclic) bond motifs is 2. The van der Waals surface area contributed by atoms with Gasteiger partial charge in [-0.3, -0.25) is 0 Å². The molecule has 1 saturated carbocycles. The van der Waals surface area contributed by atoms with E-state index in [1.165, 1.54) is 31.1 Å². The van der Waals surface area contributed by atoms with Crippen molar-refractivity contribution in [3.8, 4) is 5.75 Å². The highest BCUT2D eigenvalue weighted by atomic mass is 16.6. The van der Waals surface area contributed by atoms with E-state index in [0.717, 1.165) is 57.2 Å². The van der Waals surface area contributed by atoms with E-state index in [4.69, 9.17) is 4.74 Å². The molecule has 0 saturated heterocycles. The average Bonchev–Trinajstić information content (AvgIpc) is 3.13. The van der Waals surface area contributed by atoms with Crippen LogP contribution in [0.15, 0.2) is 18.2 Å². The van der Waals surface area contributed by atoms with Gasteiger partial charge in [-0.15, -0.1) is 0 Å². The summed E-state index contributed by atoms with van der Waals surface area (Å²) in [5.41, 5.74) is 2.43. The van der Waals surface area contributed by atoms with Gasteiger partial charge in [-0.25, -0.2) is 4.79 Å². The van der Waals surface area contributed by atoms with Gasteiger partial charge >= 0.3 is 5.97 Å². The highest BCUT2D eigenvalue weighted by molar-refractivity contribution is 5.71. The first-order chi connectivity index (χ1) is 16.3. The van der Waals surface area contributed by atoms with Crippen LogP contribution in [0.5, 0.6) is 5.75 Å². The van der Waals surface area contributed by atoms with Crippen molar-refractivity contribution in [3.63, 3.8) is 0 Å². The van der Waals surface area contributed by atoms with Crippen molar-refractivity contribution in [1.82, 2.24) is 4.90 Å². The Bertz CT molecular complexity index is 738. The Hall–Kier alpha value is -1.63. The molecular formula is C29H51NO5. The molecule has 0 radical (unpaired) electrons. The highest BCUT2D eigenvalue weighted by Gasteiger charge is 2.44. The fourth-order valence-corrected chi connectivity index (χ4v) is 5.29. The van der Waals surface area contributed by atoms with Crippen molar-refractivity contribution < 1.29 is 24.5 Å². The molecule has 2 aliphatic rings. The van der Waals surface area contributed by atoms with Gasteiger partial charge in [-0.2, -0.15) is 0 Å². The lowest BCUT2D eigenvalue weighted by atomic mass is 9.73.